The highest BCUT2D eigenvalue weighted by Crippen LogP contribution is 2.32. The zero-order chi connectivity index (χ0) is 10.1. The molecule has 1 aromatic rings. The fourth-order valence-corrected chi connectivity index (χ4v) is 2.05. The summed E-state index contributed by atoms with van der Waals surface area (Å²) >= 11 is 3.46. The Morgan fingerprint density at radius 3 is 3.07 bits per heavy atom. The summed E-state index contributed by atoms with van der Waals surface area (Å²) in [6.45, 7) is 3.96. The summed E-state index contributed by atoms with van der Waals surface area (Å²) in [5, 5.41) is 0. The monoisotopic (exact) mass is 255 g/mol. The van der Waals surface area contributed by atoms with Crippen LogP contribution >= 0.6 is 15.9 Å². The zero-order valence-electron chi connectivity index (χ0n) is 8.46. The number of rotatable bonds is 0. The van der Waals surface area contributed by atoms with E-state index in [9.17, 15) is 0 Å². The predicted octanol–water partition coefficient (Wildman–Crippen LogP) is 2.83. The molecule has 0 radical (unpaired) electrons. The lowest BCUT2D eigenvalue weighted by Gasteiger charge is -2.21. The largest absolute Gasteiger partial charge is 0.492 e. The highest BCUT2D eigenvalue weighted by Gasteiger charge is 2.19. The normalized spacial score (nSPS) is 22.4. The molecule has 1 heterocycles. The van der Waals surface area contributed by atoms with Gasteiger partial charge in [0.15, 0.2) is 0 Å². The van der Waals surface area contributed by atoms with Gasteiger partial charge in [0.1, 0.15) is 12.4 Å². The van der Waals surface area contributed by atoms with Gasteiger partial charge < -0.3 is 4.74 Å². The van der Waals surface area contributed by atoms with Crippen molar-refractivity contribution in [1.82, 2.24) is 4.90 Å². The van der Waals surface area contributed by atoms with Crippen molar-refractivity contribution >= 4 is 15.9 Å². The van der Waals surface area contributed by atoms with Crippen molar-refractivity contribution in [3.05, 3.63) is 28.2 Å². The molecular formula is C11H14BrNO. The number of ether oxygens (including phenoxy) is 1. The van der Waals surface area contributed by atoms with Crippen LogP contribution in [0.2, 0.25) is 0 Å². The van der Waals surface area contributed by atoms with Gasteiger partial charge in [0.25, 0.3) is 0 Å². The summed E-state index contributed by atoms with van der Waals surface area (Å²) in [6.07, 6.45) is 0. The molecule has 0 saturated heterocycles. The third-order valence-corrected chi connectivity index (χ3v) is 3.28. The molecule has 0 amide bonds. The highest BCUT2D eigenvalue weighted by molar-refractivity contribution is 9.10. The zero-order valence-corrected chi connectivity index (χ0v) is 10.0. The van der Waals surface area contributed by atoms with Crippen LogP contribution in [0.1, 0.15) is 18.5 Å². The third-order valence-electron chi connectivity index (χ3n) is 2.79. The van der Waals surface area contributed by atoms with Crippen molar-refractivity contribution in [2.75, 3.05) is 20.2 Å². The van der Waals surface area contributed by atoms with Gasteiger partial charge in [0, 0.05) is 22.6 Å². The van der Waals surface area contributed by atoms with Crippen molar-refractivity contribution in [2.24, 2.45) is 0 Å². The Morgan fingerprint density at radius 1 is 1.50 bits per heavy atom. The second kappa shape index (κ2) is 3.91. The first-order chi connectivity index (χ1) is 6.68. The van der Waals surface area contributed by atoms with Gasteiger partial charge in [-0.2, -0.15) is 0 Å². The Labute approximate surface area is 93.0 Å². The molecule has 3 heteroatoms. The Balaban J connectivity index is 2.43. The quantitative estimate of drug-likeness (QED) is 0.707. The van der Waals surface area contributed by atoms with E-state index in [4.69, 9.17) is 4.74 Å². The van der Waals surface area contributed by atoms with Gasteiger partial charge in [0.2, 0.25) is 0 Å². The fraction of sp³-hybridized carbons (Fsp3) is 0.455. The standard InChI is InChI=1S/C11H14BrNO/c1-8-10-4-3-9(12)7-11(10)14-6-5-13(8)2/h3-4,7-8H,5-6H2,1-2H3. The summed E-state index contributed by atoms with van der Waals surface area (Å²) in [5.74, 6) is 1.01. The number of halogens is 1. The van der Waals surface area contributed by atoms with Gasteiger partial charge in [0.05, 0.1) is 0 Å². The Hall–Kier alpha value is -0.540. The minimum absolute atomic E-state index is 0.431. The van der Waals surface area contributed by atoms with E-state index in [1.165, 1.54) is 5.56 Å². The van der Waals surface area contributed by atoms with E-state index in [0.29, 0.717) is 6.04 Å². The SMILES string of the molecule is CC1c2ccc(Br)cc2OCCN1C. The van der Waals surface area contributed by atoms with Crippen LogP contribution < -0.4 is 4.74 Å². The molecule has 1 aliphatic rings. The summed E-state index contributed by atoms with van der Waals surface area (Å²) in [5.41, 5.74) is 1.27. The lowest BCUT2D eigenvalue weighted by atomic mass is 10.1. The van der Waals surface area contributed by atoms with Gasteiger partial charge in [-0.25, -0.2) is 0 Å². The van der Waals surface area contributed by atoms with E-state index in [0.717, 1.165) is 23.4 Å². The molecule has 1 atom stereocenters. The maximum absolute atomic E-state index is 5.70. The number of hydrogen-bond acceptors (Lipinski definition) is 2. The molecule has 0 aliphatic carbocycles. The molecule has 0 fully saturated rings. The lowest BCUT2D eigenvalue weighted by Crippen LogP contribution is -2.24. The Kier molecular flexibility index (Phi) is 2.79. The molecule has 0 spiro atoms. The second-order valence-corrected chi connectivity index (χ2v) is 4.60. The van der Waals surface area contributed by atoms with E-state index in [1.54, 1.807) is 0 Å². The molecule has 14 heavy (non-hydrogen) atoms. The Bertz CT molecular complexity index is 340. The second-order valence-electron chi connectivity index (χ2n) is 3.69. The molecule has 2 nitrogen and oxygen atoms in total. The average Bonchev–Trinajstić information content (AvgIpc) is 2.28. The molecule has 2 rings (SSSR count). The van der Waals surface area contributed by atoms with Crippen LogP contribution in [-0.2, 0) is 0 Å². The first kappa shape index (κ1) is 9.99. The van der Waals surface area contributed by atoms with E-state index < -0.39 is 0 Å². The Morgan fingerprint density at radius 2 is 2.29 bits per heavy atom. The molecule has 1 unspecified atom stereocenters. The molecule has 0 aromatic heterocycles. The van der Waals surface area contributed by atoms with Crippen molar-refractivity contribution in [3.8, 4) is 5.75 Å². The van der Waals surface area contributed by atoms with Crippen molar-refractivity contribution < 1.29 is 4.74 Å². The van der Waals surface area contributed by atoms with Crippen molar-refractivity contribution in [2.45, 2.75) is 13.0 Å². The number of benzene rings is 1. The molecule has 76 valence electrons. The number of fused-ring (bicyclic) bond motifs is 1. The van der Waals surface area contributed by atoms with Crippen molar-refractivity contribution in [1.29, 1.82) is 0 Å². The van der Waals surface area contributed by atoms with E-state index in [2.05, 4.69) is 46.9 Å². The van der Waals surface area contributed by atoms with Crippen LogP contribution in [-0.4, -0.2) is 25.1 Å². The number of hydrogen-bond donors (Lipinski definition) is 0. The first-order valence-electron chi connectivity index (χ1n) is 4.81. The predicted molar refractivity (Wildman–Crippen MR) is 60.7 cm³/mol. The highest BCUT2D eigenvalue weighted by atomic mass is 79.9. The van der Waals surface area contributed by atoms with E-state index >= 15 is 0 Å². The average molecular weight is 256 g/mol. The molecule has 0 saturated carbocycles. The summed E-state index contributed by atoms with van der Waals surface area (Å²) < 4.78 is 6.78. The van der Waals surface area contributed by atoms with Crippen LogP contribution in [0.15, 0.2) is 22.7 Å². The molecule has 0 N–H and O–H groups in total. The summed E-state index contributed by atoms with van der Waals surface area (Å²) in [7, 11) is 2.13. The third kappa shape index (κ3) is 1.79. The van der Waals surface area contributed by atoms with Crippen molar-refractivity contribution in [3.63, 3.8) is 0 Å². The van der Waals surface area contributed by atoms with Gasteiger partial charge in [-0.05, 0) is 26.1 Å². The van der Waals surface area contributed by atoms with Crippen LogP contribution in [0, 0.1) is 0 Å². The summed E-state index contributed by atoms with van der Waals surface area (Å²) in [6, 6.07) is 6.68. The molecule has 1 aliphatic heterocycles. The van der Waals surface area contributed by atoms with Gasteiger partial charge in [-0.15, -0.1) is 0 Å². The molecule has 1 aromatic carbocycles. The molecule has 0 bridgehead atoms. The van der Waals surface area contributed by atoms with Crippen LogP contribution in [0.25, 0.3) is 0 Å². The molecular weight excluding hydrogens is 242 g/mol. The van der Waals surface area contributed by atoms with Gasteiger partial charge in [-0.1, -0.05) is 22.0 Å². The van der Waals surface area contributed by atoms with Crippen LogP contribution in [0.3, 0.4) is 0 Å². The first-order valence-corrected chi connectivity index (χ1v) is 5.60. The number of likely N-dealkylation sites (N-methyl/N-ethyl adjacent to an activating group) is 1. The topological polar surface area (TPSA) is 12.5 Å². The lowest BCUT2D eigenvalue weighted by molar-refractivity contribution is 0.229. The maximum atomic E-state index is 5.70. The van der Waals surface area contributed by atoms with Crippen LogP contribution in [0.5, 0.6) is 5.75 Å². The summed E-state index contributed by atoms with van der Waals surface area (Å²) in [4.78, 5) is 2.31. The van der Waals surface area contributed by atoms with E-state index in [1.807, 2.05) is 6.07 Å². The van der Waals surface area contributed by atoms with E-state index in [-0.39, 0.29) is 0 Å². The minimum atomic E-state index is 0.431. The fourth-order valence-electron chi connectivity index (χ4n) is 1.71. The number of nitrogens with zero attached hydrogens (tertiary/aromatic N) is 1. The smallest absolute Gasteiger partial charge is 0.125 e. The minimum Gasteiger partial charge on any atom is -0.492 e. The maximum Gasteiger partial charge on any atom is 0.125 e. The van der Waals surface area contributed by atoms with Gasteiger partial charge >= 0.3 is 0 Å². The van der Waals surface area contributed by atoms with Crippen LogP contribution in [0.4, 0.5) is 0 Å². The van der Waals surface area contributed by atoms with Gasteiger partial charge in [-0.3, -0.25) is 4.90 Å².